The highest BCUT2D eigenvalue weighted by molar-refractivity contribution is 9.10. The van der Waals surface area contributed by atoms with E-state index in [9.17, 15) is 4.79 Å². The van der Waals surface area contributed by atoms with Crippen LogP contribution >= 0.6 is 15.9 Å². The topological polar surface area (TPSA) is 59.4 Å². The zero-order chi connectivity index (χ0) is 14.2. The number of piperidine rings is 1. The van der Waals surface area contributed by atoms with Gasteiger partial charge < -0.3 is 15.0 Å². The van der Waals surface area contributed by atoms with Gasteiger partial charge in [0, 0.05) is 19.6 Å². The molecule has 1 N–H and O–H groups in total. The molecule has 110 valence electrons. The molecule has 0 unspecified atom stereocenters. The van der Waals surface area contributed by atoms with Gasteiger partial charge in [-0.1, -0.05) is 0 Å². The molecule has 0 radical (unpaired) electrons. The van der Waals surface area contributed by atoms with Crippen LogP contribution in [0.2, 0.25) is 0 Å². The number of amides is 2. The fraction of sp³-hybridized carbons (Fsp3) is 0.692. The minimum Gasteiger partial charge on any atom is -0.367 e. The predicted molar refractivity (Wildman–Crippen MR) is 77.4 cm³/mol. The van der Waals surface area contributed by atoms with Gasteiger partial charge in [-0.05, 0) is 41.8 Å². The summed E-state index contributed by atoms with van der Waals surface area (Å²) < 4.78 is 8.97. The third-order valence-corrected chi connectivity index (χ3v) is 4.47. The van der Waals surface area contributed by atoms with Gasteiger partial charge in [0.25, 0.3) is 0 Å². The van der Waals surface area contributed by atoms with Crippen LogP contribution < -0.4 is 5.32 Å². The first-order valence-electron chi connectivity index (χ1n) is 7.05. The van der Waals surface area contributed by atoms with E-state index >= 15 is 0 Å². The van der Waals surface area contributed by atoms with Crippen molar-refractivity contribution >= 4 is 22.0 Å². The molecule has 6 nitrogen and oxygen atoms in total. The number of hydrogen-bond acceptors (Lipinski definition) is 3. The maximum absolute atomic E-state index is 11.9. The first-order valence-corrected chi connectivity index (χ1v) is 7.84. The van der Waals surface area contributed by atoms with Crippen molar-refractivity contribution in [3.8, 4) is 0 Å². The fourth-order valence-corrected chi connectivity index (χ4v) is 3.47. The van der Waals surface area contributed by atoms with Gasteiger partial charge in [-0.25, -0.2) is 4.79 Å². The minimum atomic E-state index is -0.278. The van der Waals surface area contributed by atoms with Crippen LogP contribution in [0.3, 0.4) is 0 Å². The summed E-state index contributed by atoms with van der Waals surface area (Å²) in [5.74, 6) is 0. The number of carbonyl (C=O) groups is 1. The average Bonchev–Trinajstić information content (AvgIpc) is 2.82. The highest BCUT2D eigenvalue weighted by atomic mass is 79.9. The summed E-state index contributed by atoms with van der Waals surface area (Å²) in [6.07, 6.45) is 1.64. The molecule has 1 aromatic heterocycles. The van der Waals surface area contributed by atoms with Crippen molar-refractivity contribution < 1.29 is 9.53 Å². The number of ether oxygens (including phenoxy) is 1. The lowest BCUT2D eigenvalue weighted by atomic mass is 9.87. The second-order valence-corrected chi connectivity index (χ2v) is 6.05. The number of aromatic nitrogens is 2. The summed E-state index contributed by atoms with van der Waals surface area (Å²) in [4.78, 5) is 13.7. The number of urea groups is 1. The van der Waals surface area contributed by atoms with Gasteiger partial charge in [0.15, 0.2) is 0 Å². The SMILES string of the molecule is CCNC(=O)N1CCC2(CC1)OCCn1nc(Br)cc12. The third-order valence-electron chi connectivity index (χ3n) is 4.08. The van der Waals surface area contributed by atoms with Crippen LogP contribution in [0, 0.1) is 0 Å². The van der Waals surface area contributed by atoms with Crippen LogP contribution in [0.5, 0.6) is 0 Å². The first-order chi connectivity index (χ1) is 9.64. The standard InChI is InChI=1S/C13H19BrN4O2/c1-2-15-12(19)17-5-3-13(4-6-17)10-9-11(14)16-18(10)7-8-20-13/h9H,2-8H2,1H3,(H,15,19). The van der Waals surface area contributed by atoms with Crippen LogP contribution in [0.4, 0.5) is 4.79 Å². The number of hydrogen-bond donors (Lipinski definition) is 1. The zero-order valence-corrected chi connectivity index (χ0v) is 13.1. The van der Waals surface area contributed by atoms with E-state index < -0.39 is 0 Å². The van der Waals surface area contributed by atoms with Gasteiger partial charge in [0.05, 0.1) is 18.8 Å². The largest absolute Gasteiger partial charge is 0.367 e. The normalized spacial score (nSPS) is 20.8. The Kier molecular flexibility index (Phi) is 3.72. The summed E-state index contributed by atoms with van der Waals surface area (Å²) >= 11 is 3.44. The van der Waals surface area contributed by atoms with Crippen LogP contribution in [0.1, 0.15) is 25.5 Å². The third kappa shape index (κ3) is 2.33. The summed E-state index contributed by atoms with van der Waals surface area (Å²) in [5, 5.41) is 7.30. The lowest BCUT2D eigenvalue weighted by Gasteiger charge is -2.43. The molecule has 1 spiro atoms. The van der Waals surface area contributed by atoms with E-state index in [1.807, 2.05) is 22.6 Å². The molecule has 1 saturated heterocycles. The van der Waals surface area contributed by atoms with E-state index in [1.54, 1.807) is 0 Å². The van der Waals surface area contributed by atoms with Crippen molar-refractivity contribution in [2.45, 2.75) is 31.9 Å². The smallest absolute Gasteiger partial charge is 0.317 e. The number of likely N-dealkylation sites (tertiary alicyclic amines) is 1. The van der Waals surface area contributed by atoms with Gasteiger partial charge in [-0.15, -0.1) is 0 Å². The molecule has 0 bridgehead atoms. The Hall–Kier alpha value is -1.08. The van der Waals surface area contributed by atoms with E-state index in [1.165, 1.54) is 0 Å². The van der Waals surface area contributed by atoms with Crippen LogP contribution in [0.25, 0.3) is 0 Å². The Balaban J connectivity index is 1.76. The second kappa shape index (κ2) is 5.37. The first kappa shape index (κ1) is 13.9. The van der Waals surface area contributed by atoms with Crippen molar-refractivity contribution in [2.75, 3.05) is 26.2 Å². The van der Waals surface area contributed by atoms with Crippen molar-refractivity contribution in [1.82, 2.24) is 20.0 Å². The highest BCUT2D eigenvalue weighted by Gasteiger charge is 2.43. The fourth-order valence-electron chi connectivity index (χ4n) is 3.06. The zero-order valence-electron chi connectivity index (χ0n) is 11.6. The number of carbonyl (C=O) groups excluding carboxylic acids is 1. The lowest BCUT2D eigenvalue weighted by Crippen LogP contribution is -2.51. The van der Waals surface area contributed by atoms with Gasteiger partial charge in [0.1, 0.15) is 10.2 Å². The van der Waals surface area contributed by atoms with Crippen LogP contribution in [-0.2, 0) is 16.9 Å². The van der Waals surface area contributed by atoms with Gasteiger partial charge >= 0.3 is 6.03 Å². The molecule has 2 aliphatic rings. The monoisotopic (exact) mass is 342 g/mol. The lowest BCUT2D eigenvalue weighted by molar-refractivity contribution is -0.109. The summed E-state index contributed by atoms with van der Waals surface area (Å²) in [7, 11) is 0. The minimum absolute atomic E-state index is 0.0212. The van der Waals surface area contributed by atoms with Crippen molar-refractivity contribution in [2.24, 2.45) is 0 Å². The van der Waals surface area contributed by atoms with Crippen molar-refractivity contribution in [3.05, 3.63) is 16.4 Å². The maximum atomic E-state index is 11.9. The van der Waals surface area contributed by atoms with E-state index in [-0.39, 0.29) is 11.6 Å². The van der Waals surface area contributed by atoms with E-state index in [2.05, 4.69) is 26.3 Å². The predicted octanol–water partition coefficient (Wildman–Crippen LogP) is 1.70. The molecule has 2 aliphatic heterocycles. The molecule has 1 aromatic rings. The van der Waals surface area contributed by atoms with Crippen LogP contribution in [0.15, 0.2) is 10.7 Å². The molecule has 20 heavy (non-hydrogen) atoms. The Labute approximate surface area is 126 Å². The Morgan fingerprint density at radius 3 is 2.95 bits per heavy atom. The van der Waals surface area contributed by atoms with Gasteiger partial charge in [-0.2, -0.15) is 5.10 Å². The van der Waals surface area contributed by atoms with Crippen molar-refractivity contribution in [1.29, 1.82) is 0 Å². The second-order valence-electron chi connectivity index (χ2n) is 5.24. The molecule has 7 heteroatoms. The van der Waals surface area contributed by atoms with Gasteiger partial charge in [0.2, 0.25) is 0 Å². The number of fused-ring (bicyclic) bond motifs is 2. The molecule has 2 amide bonds. The summed E-state index contributed by atoms with van der Waals surface area (Å²) in [6.45, 7) is 5.51. The molecule has 1 fully saturated rings. The molecule has 0 atom stereocenters. The Morgan fingerprint density at radius 1 is 1.50 bits per heavy atom. The van der Waals surface area contributed by atoms with E-state index in [4.69, 9.17) is 4.74 Å². The molecule has 0 aliphatic carbocycles. The Morgan fingerprint density at radius 2 is 2.25 bits per heavy atom. The van der Waals surface area contributed by atoms with Gasteiger partial charge in [-0.3, -0.25) is 4.68 Å². The highest BCUT2D eigenvalue weighted by Crippen LogP contribution is 2.39. The molecule has 0 saturated carbocycles. The number of nitrogens with one attached hydrogen (secondary N) is 1. The molecule has 3 rings (SSSR count). The van der Waals surface area contributed by atoms with Crippen molar-refractivity contribution in [3.63, 3.8) is 0 Å². The molecule has 3 heterocycles. The summed E-state index contributed by atoms with van der Waals surface area (Å²) in [5.41, 5.74) is 0.853. The van der Waals surface area contributed by atoms with E-state index in [0.717, 1.165) is 29.7 Å². The van der Waals surface area contributed by atoms with Crippen LogP contribution in [-0.4, -0.2) is 47.0 Å². The number of nitrogens with zero attached hydrogens (tertiary/aromatic N) is 3. The molecular formula is C13H19BrN4O2. The Bertz CT molecular complexity index is 508. The summed E-state index contributed by atoms with van der Waals surface area (Å²) in [6, 6.07) is 2.06. The molecular weight excluding hydrogens is 324 g/mol. The average molecular weight is 343 g/mol. The number of rotatable bonds is 1. The maximum Gasteiger partial charge on any atom is 0.317 e. The van der Waals surface area contributed by atoms with E-state index in [0.29, 0.717) is 26.2 Å². The number of halogens is 1. The molecule has 0 aromatic carbocycles. The quantitative estimate of drug-likeness (QED) is 0.844.